The number of aliphatic hydroxyl groups is 1. The van der Waals surface area contributed by atoms with Gasteiger partial charge in [0.25, 0.3) is 0 Å². The lowest BCUT2D eigenvalue weighted by atomic mass is 9.90. The first kappa shape index (κ1) is 12.9. The van der Waals surface area contributed by atoms with Crippen LogP contribution in [0.5, 0.6) is 0 Å². The third kappa shape index (κ3) is 4.96. The lowest BCUT2D eigenvalue weighted by molar-refractivity contribution is 0.0513. The highest BCUT2D eigenvalue weighted by atomic mass is 16.3. The van der Waals surface area contributed by atoms with Crippen molar-refractivity contribution in [2.45, 2.75) is 51.7 Å². The number of nitrogens with zero attached hydrogens (tertiary/aromatic N) is 1. The number of nitrogens with two attached hydrogens (primary N) is 1. The molecule has 15 heavy (non-hydrogen) atoms. The van der Waals surface area contributed by atoms with Gasteiger partial charge in [-0.1, -0.05) is 0 Å². The van der Waals surface area contributed by atoms with E-state index in [4.69, 9.17) is 5.73 Å². The van der Waals surface area contributed by atoms with E-state index in [9.17, 15) is 5.11 Å². The van der Waals surface area contributed by atoms with Crippen molar-refractivity contribution >= 4 is 0 Å². The summed E-state index contributed by atoms with van der Waals surface area (Å²) < 4.78 is 0. The Kier molecular flexibility index (Phi) is 4.56. The second-order valence-electron chi connectivity index (χ2n) is 5.60. The molecule has 0 aliphatic carbocycles. The molecule has 3 heteroatoms. The van der Waals surface area contributed by atoms with Gasteiger partial charge >= 0.3 is 0 Å². The first-order valence-electron chi connectivity index (χ1n) is 6.09. The normalized spacial score (nSPS) is 23.0. The van der Waals surface area contributed by atoms with Crippen molar-refractivity contribution in [3.63, 3.8) is 0 Å². The van der Waals surface area contributed by atoms with Crippen LogP contribution < -0.4 is 5.73 Å². The van der Waals surface area contributed by atoms with Gasteiger partial charge in [0, 0.05) is 12.6 Å². The Morgan fingerprint density at radius 3 is 2.33 bits per heavy atom. The van der Waals surface area contributed by atoms with Crippen LogP contribution >= 0.6 is 0 Å². The molecule has 1 saturated heterocycles. The molecule has 90 valence electrons. The number of piperidine rings is 1. The standard InChI is InChI=1S/C12H26N2O/c1-10(13)11-4-7-14(8-5-11)9-6-12(2,3)15/h10-11,15H,4-9,13H2,1-3H3. The first-order valence-corrected chi connectivity index (χ1v) is 6.09. The summed E-state index contributed by atoms with van der Waals surface area (Å²) in [4.78, 5) is 2.44. The number of hydrogen-bond donors (Lipinski definition) is 2. The van der Waals surface area contributed by atoms with Crippen LogP contribution in [0.1, 0.15) is 40.0 Å². The maximum Gasteiger partial charge on any atom is 0.0603 e. The van der Waals surface area contributed by atoms with E-state index in [0.717, 1.165) is 26.1 Å². The Bertz CT molecular complexity index is 179. The molecule has 0 saturated carbocycles. The van der Waals surface area contributed by atoms with Crippen molar-refractivity contribution in [2.75, 3.05) is 19.6 Å². The van der Waals surface area contributed by atoms with Gasteiger partial charge < -0.3 is 15.7 Å². The average Bonchev–Trinajstić information content (AvgIpc) is 2.14. The largest absolute Gasteiger partial charge is 0.390 e. The first-order chi connectivity index (χ1) is 6.88. The monoisotopic (exact) mass is 214 g/mol. The van der Waals surface area contributed by atoms with E-state index in [1.165, 1.54) is 12.8 Å². The molecule has 1 fully saturated rings. The molecule has 3 N–H and O–H groups in total. The maximum absolute atomic E-state index is 9.64. The van der Waals surface area contributed by atoms with Crippen LogP contribution in [0.25, 0.3) is 0 Å². The van der Waals surface area contributed by atoms with Gasteiger partial charge in [0.15, 0.2) is 0 Å². The van der Waals surface area contributed by atoms with Gasteiger partial charge in [0.2, 0.25) is 0 Å². The fraction of sp³-hybridized carbons (Fsp3) is 1.00. The maximum atomic E-state index is 9.64. The molecule has 1 heterocycles. The van der Waals surface area contributed by atoms with Crippen LogP contribution in [0.2, 0.25) is 0 Å². The van der Waals surface area contributed by atoms with Crippen molar-refractivity contribution in [1.29, 1.82) is 0 Å². The van der Waals surface area contributed by atoms with E-state index in [2.05, 4.69) is 11.8 Å². The second kappa shape index (κ2) is 5.28. The summed E-state index contributed by atoms with van der Waals surface area (Å²) >= 11 is 0. The smallest absolute Gasteiger partial charge is 0.0603 e. The van der Waals surface area contributed by atoms with Crippen LogP contribution in [-0.4, -0.2) is 41.3 Å². The zero-order valence-corrected chi connectivity index (χ0v) is 10.4. The van der Waals surface area contributed by atoms with Crippen LogP contribution in [0.4, 0.5) is 0 Å². The molecule has 1 aliphatic rings. The SMILES string of the molecule is CC(N)C1CCN(CCC(C)(C)O)CC1. The van der Waals surface area contributed by atoms with Crippen molar-refractivity contribution in [2.24, 2.45) is 11.7 Å². The Morgan fingerprint density at radius 2 is 1.93 bits per heavy atom. The Balaban J connectivity index is 2.20. The van der Waals surface area contributed by atoms with E-state index < -0.39 is 5.60 Å². The molecule has 1 aliphatic heterocycles. The van der Waals surface area contributed by atoms with Crippen LogP contribution in [0, 0.1) is 5.92 Å². The summed E-state index contributed by atoms with van der Waals surface area (Å²) in [5.74, 6) is 0.698. The molecule has 0 amide bonds. The van der Waals surface area contributed by atoms with E-state index in [1.54, 1.807) is 0 Å². The predicted octanol–water partition coefficient (Wildman–Crippen LogP) is 1.21. The lowest BCUT2D eigenvalue weighted by Crippen LogP contribution is -2.41. The van der Waals surface area contributed by atoms with E-state index in [-0.39, 0.29) is 0 Å². The van der Waals surface area contributed by atoms with Gasteiger partial charge in [0.1, 0.15) is 0 Å². The fourth-order valence-electron chi connectivity index (χ4n) is 2.13. The van der Waals surface area contributed by atoms with E-state index in [1.807, 2.05) is 13.8 Å². The Labute approximate surface area is 93.6 Å². The van der Waals surface area contributed by atoms with Gasteiger partial charge in [-0.15, -0.1) is 0 Å². The van der Waals surface area contributed by atoms with Gasteiger partial charge in [-0.2, -0.15) is 0 Å². The minimum Gasteiger partial charge on any atom is -0.390 e. The summed E-state index contributed by atoms with van der Waals surface area (Å²) in [6.45, 7) is 9.15. The molecule has 0 radical (unpaired) electrons. The van der Waals surface area contributed by atoms with Crippen molar-refractivity contribution in [3.8, 4) is 0 Å². The van der Waals surface area contributed by atoms with Crippen LogP contribution in [0.15, 0.2) is 0 Å². The highest BCUT2D eigenvalue weighted by Crippen LogP contribution is 2.20. The molecule has 1 unspecified atom stereocenters. The summed E-state index contributed by atoms with van der Waals surface area (Å²) in [6.07, 6.45) is 3.28. The zero-order chi connectivity index (χ0) is 11.5. The second-order valence-corrected chi connectivity index (χ2v) is 5.60. The third-order valence-electron chi connectivity index (χ3n) is 3.42. The highest BCUT2D eigenvalue weighted by Gasteiger charge is 2.23. The average molecular weight is 214 g/mol. The predicted molar refractivity (Wildman–Crippen MR) is 63.7 cm³/mol. The van der Waals surface area contributed by atoms with Gasteiger partial charge in [-0.05, 0) is 59.0 Å². The summed E-state index contributed by atoms with van der Waals surface area (Å²) in [5.41, 5.74) is 5.37. The van der Waals surface area contributed by atoms with E-state index in [0.29, 0.717) is 12.0 Å². The molecule has 0 aromatic heterocycles. The molecule has 0 spiro atoms. The molecule has 3 nitrogen and oxygen atoms in total. The number of likely N-dealkylation sites (tertiary alicyclic amines) is 1. The van der Waals surface area contributed by atoms with Gasteiger partial charge in [0.05, 0.1) is 5.60 Å². The Morgan fingerprint density at radius 1 is 1.40 bits per heavy atom. The molecule has 0 bridgehead atoms. The topological polar surface area (TPSA) is 49.5 Å². The van der Waals surface area contributed by atoms with Crippen molar-refractivity contribution in [3.05, 3.63) is 0 Å². The summed E-state index contributed by atoms with van der Waals surface area (Å²) in [7, 11) is 0. The van der Waals surface area contributed by atoms with Gasteiger partial charge in [-0.3, -0.25) is 0 Å². The molecule has 1 atom stereocenters. The summed E-state index contributed by atoms with van der Waals surface area (Å²) in [6, 6.07) is 0.335. The quantitative estimate of drug-likeness (QED) is 0.739. The minimum absolute atomic E-state index is 0.335. The lowest BCUT2D eigenvalue weighted by Gasteiger charge is -2.34. The number of hydrogen-bond acceptors (Lipinski definition) is 3. The van der Waals surface area contributed by atoms with Crippen molar-refractivity contribution in [1.82, 2.24) is 4.90 Å². The molecular formula is C12H26N2O. The summed E-state index contributed by atoms with van der Waals surface area (Å²) in [5, 5.41) is 9.64. The number of rotatable bonds is 4. The van der Waals surface area contributed by atoms with Crippen LogP contribution in [0.3, 0.4) is 0 Å². The van der Waals surface area contributed by atoms with Gasteiger partial charge in [-0.25, -0.2) is 0 Å². The molecule has 0 aromatic carbocycles. The van der Waals surface area contributed by atoms with Crippen molar-refractivity contribution < 1.29 is 5.11 Å². The van der Waals surface area contributed by atoms with Crippen LogP contribution in [-0.2, 0) is 0 Å². The molecule has 1 rings (SSSR count). The zero-order valence-electron chi connectivity index (χ0n) is 10.4. The van der Waals surface area contributed by atoms with E-state index >= 15 is 0 Å². The minimum atomic E-state index is -0.530. The molecular weight excluding hydrogens is 188 g/mol. The highest BCUT2D eigenvalue weighted by molar-refractivity contribution is 4.78. The molecule has 0 aromatic rings. The third-order valence-corrected chi connectivity index (χ3v) is 3.42. The fourth-order valence-corrected chi connectivity index (χ4v) is 2.13. The Hall–Kier alpha value is -0.120.